The second kappa shape index (κ2) is 29.1. The second-order valence-corrected chi connectivity index (χ2v) is 24.5. The zero-order chi connectivity index (χ0) is 62.1. The Morgan fingerprint density at radius 2 is 1.67 bits per heavy atom. The number of piperidine rings is 1. The maximum Gasteiger partial charge on any atom is 0.329 e. The molecule has 86 heavy (non-hydrogen) atoms. The molecule has 6 heterocycles. The topological polar surface area (TPSA) is 303 Å². The number of nitrogens with zero attached hydrogens (tertiary/aromatic N) is 6. The fourth-order valence-corrected chi connectivity index (χ4v) is 13.0. The molecule has 1 aromatic carbocycles. The number of carbonyl (C=O) groups excluding carboxylic acids is 5. The normalized spacial score (nSPS) is 35.8. The van der Waals surface area contributed by atoms with Gasteiger partial charge in [-0.3, -0.25) is 19.2 Å². The Labute approximate surface area is 503 Å². The molecule has 2 bridgehead atoms. The molecule has 8 rings (SSSR count). The van der Waals surface area contributed by atoms with Crippen LogP contribution in [0.15, 0.2) is 90.9 Å². The van der Waals surface area contributed by atoms with Crippen LogP contribution in [0.3, 0.4) is 0 Å². The first-order valence-electron chi connectivity index (χ1n) is 30.4. The van der Waals surface area contributed by atoms with Gasteiger partial charge in [0.25, 0.3) is 24.4 Å². The van der Waals surface area contributed by atoms with Gasteiger partial charge in [0.1, 0.15) is 53.4 Å². The monoisotopic (exact) mass is 1190 g/mol. The number of aromatic nitrogens is 1. The number of carbonyl (C=O) groups is 5. The van der Waals surface area contributed by atoms with Crippen LogP contribution in [0.2, 0.25) is 0 Å². The summed E-state index contributed by atoms with van der Waals surface area (Å²) in [5, 5.41) is 28.7. The molecule has 2 aromatic rings. The van der Waals surface area contributed by atoms with E-state index >= 15 is 0 Å². The van der Waals surface area contributed by atoms with Crippen LogP contribution in [0.1, 0.15) is 131 Å². The Hall–Kier alpha value is -6.40. The van der Waals surface area contributed by atoms with Gasteiger partial charge in [-0.1, -0.05) is 75.8 Å². The van der Waals surface area contributed by atoms with Gasteiger partial charge in [-0.2, -0.15) is 9.98 Å². The first-order valence-corrected chi connectivity index (χ1v) is 30.4. The number of ether oxygens (including phenoxy) is 6. The Kier molecular flexibility index (Phi) is 22.2. The van der Waals surface area contributed by atoms with Crippen molar-refractivity contribution in [2.75, 3.05) is 40.3 Å². The molecule has 5 aliphatic heterocycles. The number of aliphatic imine (C=N–C) groups is 2. The number of oxazole rings is 1. The lowest BCUT2D eigenvalue weighted by molar-refractivity contribution is -0.644. The SMILES string of the molecule is CO[C@H]1C[C@@H]2CC[C@@H](C)[C@@](O)(O2)C(=O)C(=O)N2CCCC[C@H]2C(=O)O[C@H]([C@H](C)C[C@@H]2CC[C@@H](OC[N+]3=NC(c4ccc5oc(N)nc5c4)=C4C(N)=NC=NC43)[C@H](OC)C2)CC(=O)[C@H](C)/C=C(\C)[C@@H](O)[C@@H](OC)C(=O)[C@H](C)C[C@H](C)/C=C/C=C/C=C/1C. The van der Waals surface area contributed by atoms with Crippen LogP contribution in [0.5, 0.6) is 0 Å². The Morgan fingerprint density at radius 3 is 2.42 bits per heavy atom. The van der Waals surface area contributed by atoms with Gasteiger partial charge in [0.2, 0.25) is 5.79 Å². The number of methoxy groups -OCH3 is 3. The van der Waals surface area contributed by atoms with Crippen LogP contribution in [-0.2, 0) is 52.4 Å². The van der Waals surface area contributed by atoms with E-state index in [-0.39, 0.29) is 73.6 Å². The van der Waals surface area contributed by atoms with Crippen molar-refractivity contribution in [3.8, 4) is 0 Å². The van der Waals surface area contributed by atoms with Crippen LogP contribution in [0.25, 0.3) is 16.8 Å². The molecule has 1 saturated carbocycles. The summed E-state index contributed by atoms with van der Waals surface area (Å²) in [6, 6.07) is 4.28. The zero-order valence-electron chi connectivity index (χ0n) is 51.5. The highest BCUT2D eigenvalue weighted by molar-refractivity contribution is 6.39. The molecule has 6 N–H and O–H groups in total. The van der Waals surface area contributed by atoms with E-state index in [9.17, 15) is 34.2 Å². The van der Waals surface area contributed by atoms with Crippen molar-refractivity contribution in [2.45, 2.75) is 186 Å². The summed E-state index contributed by atoms with van der Waals surface area (Å²) in [5.74, 6) is -8.10. The number of ketones is 3. The van der Waals surface area contributed by atoms with Gasteiger partial charge in [-0.15, -0.1) is 0 Å². The summed E-state index contributed by atoms with van der Waals surface area (Å²) in [7, 11) is 4.59. The number of hydrogen-bond donors (Lipinski definition) is 4. The van der Waals surface area contributed by atoms with Crippen molar-refractivity contribution in [3.05, 3.63) is 76.9 Å². The molecule has 22 heteroatoms. The number of esters is 1. The van der Waals surface area contributed by atoms with Gasteiger partial charge in [-0.25, -0.2) is 9.79 Å². The Morgan fingerprint density at radius 1 is 0.895 bits per heavy atom. The van der Waals surface area contributed by atoms with E-state index in [1.54, 1.807) is 51.8 Å². The summed E-state index contributed by atoms with van der Waals surface area (Å²) in [6.45, 7) is 12.8. The number of amides is 1. The third-order valence-corrected chi connectivity index (χ3v) is 18.3. The lowest BCUT2D eigenvalue weighted by atomic mass is 9.78. The average Bonchev–Trinajstić information content (AvgIpc) is 1.56. The molecular formula is C64H89N8O14+. The number of cyclic esters (lactones) is 1. The first-order chi connectivity index (χ1) is 41.0. The number of Topliss-reactive ketones (excluding diaryl/α,β-unsaturated/α-hetero) is 3. The van der Waals surface area contributed by atoms with Gasteiger partial charge in [0.05, 0.1) is 24.4 Å². The number of rotatable bonds is 10. The van der Waals surface area contributed by atoms with E-state index in [4.69, 9.17) is 49.4 Å². The van der Waals surface area contributed by atoms with E-state index in [1.807, 2.05) is 70.2 Å². The van der Waals surface area contributed by atoms with Crippen molar-refractivity contribution in [3.63, 3.8) is 0 Å². The molecule has 22 nitrogen and oxygen atoms in total. The molecular weight excluding hydrogens is 1100 g/mol. The fraction of sp³-hybridized carbons (Fsp3) is 0.625. The van der Waals surface area contributed by atoms with E-state index in [0.717, 1.165) is 11.1 Å². The molecule has 1 amide bonds. The highest BCUT2D eigenvalue weighted by Crippen LogP contribution is 2.40. The number of azo groups is 2. The summed E-state index contributed by atoms with van der Waals surface area (Å²) >= 11 is 0. The highest BCUT2D eigenvalue weighted by atomic mass is 16.6. The van der Waals surface area contributed by atoms with E-state index < -0.39 is 89.8 Å². The van der Waals surface area contributed by atoms with Gasteiger partial charge in [0, 0.05) is 64.0 Å². The Bertz CT molecular complexity index is 3070. The number of benzene rings is 1. The molecule has 0 radical (unpaired) electrons. The van der Waals surface area contributed by atoms with E-state index in [1.165, 1.54) is 18.3 Å². The number of aliphatic hydroxyl groups excluding tert-OH is 1. The minimum absolute atomic E-state index is 0.00551. The molecule has 468 valence electrons. The van der Waals surface area contributed by atoms with Crippen LogP contribution in [-0.4, -0.2) is 162 Å². The number of anilines is 1. The number of aliphatic hydroxyl groups is 2. The first kappa shape index (κ1) is 65.6. The average molecular weight is 1190 g/mol. The number of hydrogen-bond acceptors (Lipinski definition) is 20. The molecule has 0 spiro atoms. The van der Waals surface area contributed by atoms with Crippen LogP contribution >= 0.6 is 0 Å². The predicted octanol–water partition coefficient (Wildman–Crippen LogP) is 7.50. The number of nitrogens with two attached hydrogens (primary N) is 2. The van der Waals surface area contributed by atoms with Gasteiger partial charge < -0.3 is 59.4 Å². The minimum Gasteiger partial charge on any atom is -0.460 e. The third kappa shape index (κ3) is 15.1. The lowest BCUT2D eigenvalue weighted by Crippen LogP contribution is -2.61. The lowest BCUT2D eigenvalue weighted by Gasteiger charge is -2.42. The predicted molar refractivity (Wildman–Crippen MR) is 321 cm³/mol. The molecule has 6 aliphatic rings. The molecule has 1 aromatic heterocycles. The maximum atomic E-state index is 14.8. The number of nitrogen functional groups attached to an aromatic ring is 1. The van der Waals surface area contributed by atoms with Gasteiger partial charge in [-0.05, 0) is 130 Å². The Balaban J connectivity index is 1.01. The smallest absolute Gasteiger partial charge is 0.329 e. The van der Waals surface area contributed by atoms with Crippen molar-refractivity contribution in [2.24, 2.45) is 56.3 Å². The van der Waals surface area contributed by atoms with Crippen LogP contribution in [0, 0.1) is 35.5 Å². The summed E-state index contributed by atoms with van der Waals surface area (Å²) < 4.78 is 44.1. The van der Waals surface area contributed by atoms with Crippen molar-refractivity contribution < 1.29 is 71.7 Å². The van der Waals surface area contributed by atoms with Gasteiger partial charge >= 0.3 is 12.1 Å². The number of amidine groups is 1. The quantitative estimate of drug-likeness (QED) is 0.0774. The fourth-order valence-electron chi connectivity index (χ4n) is 13.0. The summed E-state index contributed by atoms with van der Waals surface area (Å²) in [4.78, 5) is 86.5. The van der Waals surface area contributed by atoms with Crippen molar-refractivity contribution in [1.29, 1.82) is 0 Å². The maximum absolute atomic E-state index is 14.8. The second-order valence-electron chi connectivity index (χ2n) is 24.5. The van der Waals surface area contributed by atoms with Crippen molar-refractivity contribution in [1.82, 2.24) is 9.88 Å². The standard InChI is InChI=1S/C64H89N8O14/c1-35-16-12-11-13-17-36(2)50(80-8)31-44-22-19-41(7)64(79,86-44)58(76)61(77)71-25-15-14-18-46(71)62(78)84-51(32-47(73)37(3)27-40(6)56(75)57(82-10)55(74)39(5)26-35)38(4)28-42-20-23-49(52(29-42)81-9)83-34-72-60-53(59(65)67-33-68-60)54(70-72)43-21-24-48-45(30-43)69-63(66)85-48/h11-13,16-17,21,24,27,30,33,35,37-39,41-42,44,46,49-52,56-57,60,75,79H,14-15,18-20,22-23,25-26,28-29,31-32,34H2,1-10H3,(H2,66,69)(H2,65,67,68)/q+1/b13-11+,16-12+,36-17+,40-27+/t35-,37-,38-,39-,41-,42+,44+,46+,49-,50+,51+,52-,56-,57+,60?,64-/m1/s1. The third-order valence-electron chi connectivity index (χ3n) is 18.3. The van der Waals surface area contributed by atoms with E-state index in [2.05, 4.69) is 15.0 Å². The van der Waals surface area contributed by atoms with Crippen molar-refractivity contribution >= 4 is 64.2 Å². The number of allylic oxidation sites excluding steroid dienone is 6. The molecule has 1 aliphatic carbocycles. The minimum atomic E-state index is -2.47. The molecule has 16 atom stereocenters. The van der Waals surface area contributed by atoms with Gasteiger partial charge in [0.15, 0.2) is 17.1 Å². The van der Waals surface area contributed by atoms with E-state index in [0.29, 0.717) is 92.2 Å². The molecule has 3 fully saturated rings. The van der Waals surface area contributed by atoms with Crippen LogP contribution < -0.4 is 11.5 Å². The molecule has 2 saturated heterocycles. The number of fused-ring (bicyclic) bond motifs is 5. The summed E-state index contributed by atoms with van der Waals surface area (Å²) in [6.07, 6.45) is 11.8. The van der Waals surface area contributed by atoms with Crippen LogP contribution in [0.4, 0.5) is 6.01 Å². The largest absolute Gasteiger partial charge is 0.460 e. The zero-order valence-corrected chi connectivity index (χ0v) is 51.5. The highest BCUT2D eigenvalue weighted by Gasteiger charge is 2.53. The summed E-state index contributed by atoms with van der Waals surface area (Å²) in [5.41, 5.74) is 16.5. The molecule has 1 unspecified atom stereocenters.